The molecule has 0 saturated carbocycles. The Morgan fingerprint density at radius 3 is 2.90 bits per heavy atom. The van der Waals surface area contributed by atoms with E-state index in [9.17, 15) is 0 Å². The number of benzene rings is 1. The van der Waals surface area contributed by atoms with Crippen molar-refractivity contribution in [2.45, 2.75) is 18.6 Å². The summed E-state index contributed by atoms with van der Waals surface area (Å²) in [5.41, 5.74) is 8.39. The Balaban J connectivity index is 1.65. The van der Waals surface area contributed by atoms with E-state index in [0.717, 1.165) is 22.7 Å². The van der Waals surface area contributed by atoms with Gasteiger partial charge < -0.3 is 15.2 Å². The molecule has 3 rings (SSSR count). The van der Waals surface area contributed by atoms with Crippen molar-refractivity contribution in [3.63, 3.8) is 0 Å². The van der Waals surface area contributed by atoms with Gasteiger partial charge in [-0.25, -0.2) is 4.98 Å². The standard InChI is InChI=1S/C15H18N2O2S/c16-13(11-4-2-1-3-5-11)8-12-10-20-15(17-12)14-9-18-6-7-19-14/h1-5,10,13-14H,6-9,16H2. The van der Waals surface area contributed by atoms with Crippen molar-refractivity contribution in [1.29, 1.82) is 0 Å². The van der Waals surface area contributed by atoms with Crippen LogP contribution in [-0.2, 0) is 15.9 Å². The van der Waals surface area contributed by atoms with E-state index in [1.165, 1.54) is 0 Å². The highest BCUT2D eigenvalue weighted by Crippen LogP contribution is 2.25. The maximum absolute atomic E-state index is 6.22. The molecule has 1 saturated heterocycles. The maximum atomic E-state index is 6.22. The van der Waals surface area contributed by atoms with Gasteiger partial charge in [-0.2, -0.15) is 0 Å². The van der Waals surface area contributed by atoms with Gasteiger partial charge in [0.25, 0.3) is 0 Å². The molecular formula is C15H18N2O2S. The second-order valence-electron chi connectivity index (χ2n) is 4.83. The van der Waals surface area contributed by atoms with Gasteiger partial charge in [-0.3, -0.25) is 0 Å². The van der Waals surface area contributed by atoms with Crippen molar-refractivity contribution >= 4 is 11.3 Å². The van der Waals surface area contributed by atoms with Gasteiger partial charge in [0.15, 0.2) is 0 Å². The highest BCUT2D eigenvalue weighted by atomic mass is 32.1. The van der Waals surface area contributed by atoms with E-state index in [2.05, 4.69) is 22.5 Å². The van der Waals surface area contributed by atoms with Crippen LogP contribution in [-0.4, -0.2) is 24.8 Å². The van der Waals surface area contributed by atoms with E-state index in [4.69, 9.17) is 15.2 Å². The monoisotopic (exact) mass is 290 g/mol. The zero-order chi connectivity index (χ0) is 13.8. The van der Waals surface area contributed by atoms with E-state index >= 15 is 0 Å². The zero-order valence-corrected chi connectivity index (χ0v) is 12.0. The molecule has 2 atom stereocenters. The lowest BCUT2D eigenvalue weighted by Gasteiger charge is -2.20. The molecule has 2 heterocycles. The van der Waals surface area contributed by atoms with E-state index < -0.39 is 0 Å². The summed E-state index contributed by atoms with van der Waals surface area (Å²) in [6, 6.07) is 10.1. The van der Waals surface area contributed by atoms with Crippen molar-refractivity contribution in [2.75, 3.05) is 19.8 Å². The number of hydrogen-bond donors (Lipinski definition) is 1. The third kappa shape index (κ3) is 3.24. The van der Waals surface area contributed by atoms with E-state index in [-0.39, 0.29) is 12.1 Å². The highest BCUT2D eigenvalue weighted by Gasteiger charge is 2.20. The summed E-state index contributed by atoms with van der Waals surface area (Å²) in [4.78, 5) is 4.63. The summed E-state index contributed by atoms with van der Waals surface area (Å²) in [7, 11) is 0. The fourth-order valence-corrected chi connectivity index (χ4v) is 3.10. The Labute approximate surface area is 122 Å². The molecular weight excluding hydrogens is 272 g/mol. The first-order valence-electron chi connectivity index (χ1n) is 6.77. The lowest BCUT2D eigenvalue weighted by molar-refractivity contribution is -0.0902. The second kappa shape index (κ2) is 6.45. The lowest BCUT2D eigenvalue weighted by Crippen LogP contribution is -2.22. The Bertz CT molecular complexity index is 538. The SMILES string of the molecule is NC(Cc1csc(C2COCCO2)n1)c1ccccc1. The molecule has 1 aromatic carbocycles. The van der Waals surface area contributed by atoms with Crippen molar-refractivity contribution in [2.24, 2.45) is 5.73 Å². The number of hydrogen-bond acceptors (Lipinski definition) is 5. The summed E-state index contributed by atoms with van der Waals surface area (Å²) < 4.78 is 11.1. The Morgan fingerprint density at radius 2 is 2.15 bits per heavy atom. The van der Waals surface area contributed by atoms with Gasteiger partial charge in [-0.05, 0) is 5.56 Å². The molecule has 1 aliphatic rings. The van der Waals surface area contributed by atoms with Gasteiger partial charge in [0, 0.05) is 17.8 Å². The summed E-state index contributed by atoms with van der Waals surface area (Å²) in [6.07, 6.45) is 0.726. The van der Waals surface area contributed by atoms with Crippen LogP contribution in [0.25, 0.3) is 0 Å². The summed E-state index contributed by atoms with van der Waals surface area (Å²) in [5.74, 6) is 0. The first-order valence-corrected chi connectivity index (χ1v) is 7.65. The molecule has 0 amide bonds. The third-order valence-corrected chi connectivity index (χ3v) is 4.30. The Hall–Kier alpha value is -1.27. The quantitative estimate of drug-likeness (QED) is 0.940. The minimum atomic E-state index is -0.0188. The Kier molecular flexibility index (Phi) is 4.42. The number of thiazole rings is 1. The zero-order valence-electron chi connectivity index (χ0n) is 11.2. The maximum Gasteiger partial charge on any atom is 0.132 e. The minimum Gasteiger partial charge on any atom is -0.376 e. The van der Waals surface area contributed by atoms with Crippen LogP contribution in [0.5, 0.6) is 0 Å². The highest BCUT2D eigenvalue weighted by molar-refractivity contribution is 7.09. The minimum absolute atomic E-state index is 0.0181. The number of ether oxygens (including phenoxy) is 2. The smallest absolute Gasteiger partial charge is 0.132 e. The van der Waals surface area contributed by atoms with Gasteiger partial charge in [-0.1, -0.05) is 30.3 Å². The molecule has 0 aliphatic carbocycles. The molecule has 5 heteroatoms. The van der Waals surface area contributed by atoms with Crippen LogP contribution in [0.2, 0.25) is 0 Å². The molecule has 4 nitrogen and oxygen atoms in total. The normalized spacial score (nSPS) is 20.8. The third-order valence-electron chi connectivity index (χ3n) is 3.32. The van der Waals surface area contributed by atoms with Crippen LogP contribution < -0.4 is 5.73 Å². The van der Waals surface area contributed by atoms with Crippen LogP contribution in [0.15, 0.2) is 35.7 Å². The average Bonchev–Trinajstić information content (AvgIpc) is 2.97. The summed E-state index contributed by atoms with van der Waals surface area (Å²) in [6.45, 7) is 1.91. The van der Waals surface area contributed by atoms with E-state index in [0.29, 0.717) is 19.8 Å². The number of nitrogens with two attached hydrogens (primary N) is 1. The van der Waals surface area contributed by atoms with E-state index in [1.807, 2.05) is 18.2 Å². The molecule has 1 aromatic heterocycles. The van der Waals surface area contributed by atoms with Gasteiger partial charge in [-0.15, -0.1) is 11.3 Å². The van der Waals surface area contributed by atoms with Crippen LogP contribution in [0.4, 0.5) is 0 Å². The molecule has 0 bridgehead atoms. The summed E-state index contributed by atoms with van der Waals surface area (Å²) >= 11 is 1.62. The van der Waals surface area contributed by atoms with Crippen LogP contribution in [0.1, 0.15) is 28.4 Å². The van der Waals surface area contributed by atoms with E-state index in [1.54, 1.807) is 11.3 Å². The summed E-state index contributed by atoms with van der Waals surface area (Å²) in [5, 5.41) is 3.05. The Morgan fingerprint density at radius 1 is 1.30 bits per heavy atom. The van der Waals surface area contributed by atoms with Crippen LogP contribution in [0.3, 0.4) is 0 Å². The molecule has 1 aliphatic heterocycles. The van der Waals surface area contributed by atoms with Gasteiger partial charge in [0.1, 0.15) is 11.1 Å². The first-order chi connectivity index (χ1) is 9.83. The molecule has 0 spiro atoms. The van der Waals surface area contributed by atoms with Gasteiger partial charge in [0.2, 0.25) is 0 Å². The average molecular weight is 290 g/mol. The topological polar surface area (TPSA) is 57.4 Å². The lowest BCUT2D eigenvalue weighted by atomic mass is 10.0. The predicted molar refractivity (Wildman–Crippen MR) is 78.7 cm³/mol. The number of nitrogens with zero attached hydrogens (tertiary/aromatic N) is 1. The first kappa shape index (κ1) is 13.7. The van der Waals surface area contributed by atoms with Crippen molar-refractivity contribution < 1.29 is 9.47 Å². The largest absolute Gasteiger partial charge is 0.376 e. The fraction of sp³-hybridized carbons (Fsp3) is 0.400. The van der Waals surface area contributed by atoms with Crippen molar-refractivity contribution in [3.05, 3.63) is 52.0 Å². The second-order valence-corrected chi connectivity index (χ2v) is 5.72. The molecule has 2 unspecified atom stereocenters. The van der Waals surface area contributed by atoms with Crippen molar-refractivity contribution in [1.82, 2.24) is 4.98 Å². The number of rotatable bonds is 4. The van der Waals surface area contributed by atoms with Crippen molar-refractivity contribution in [3.8, 4) is 0 Å². The molecule has 2 N–H and O–H groups in total. The number of aromatic nitrogens is 1. The van der Waals surface area contributed by atoms with Gasteiger partial charge >= 0.3 is 0 Å². The molecule has 106 valence electrons. The fourth-order valence-electron chi connectivity index (χ4n) is 2.24. The molecule has 2 aromatic rings. The molecule has 20 heavy (non-hydrogen) atoms. The van der Waals surface area contributed by atoms with Crippen LogP contribution in [0, 0.1) is 0 Å². The molecule has 1 fully saturated rings. The predicted octanol–water partition coefficient (Wildman–Crippen LogP) is 2.47. The molecule has 0 radical (unpaired) electrons. The van der Waals surface area contributed by atoms with Gasteiger partial charge in [0.05, 0.1) is 25.5 Å². The van der Waals surface area contributed by atoms with Crippen LogP contribution >= 0.6 is 11.3 Å².